The zero-order valence-corrected chi connectivity index (χ0v) is 16.5. The van der Waals surface area contributed by atoms with Crippen molar-refractivity contribution >= 4 is 54.3 Å². The van der Waals surface area contributed by atoms with Gasteiger partial charge < -0.3 is 8.83 Å². The van der Waals surface area contributed by atoms with Crippen molar-refractivity contribution in [3.8, 4) is 0 Å². The molecule has 0 aliphatic carbocycles. The Balaban J connectivity index is 1.58. The van der Waals surface area contributed by atoms with Crippen LogP contribution in [0.25, 0.3) is 54.3 Å². The molecule has 0 fully saturated rings. The Hall–Kier alpha value is -3.26. The van der Waals surface area contributed by atoms with Crippen molar-refractivity contribution in [3.63, 3.8) is 0 Å². The number of furan rings is 2. The van der Waals surface area contributed by atoms with Crippen molar-refractivity contribution in [1.82, 2.24) is 0 Å². The Kier molecular flexibility index (Phi) is 3.67. The Labute approximate surface area is 168 Å². The van der Waals surface area contributed by atoms with Crippen LogP contribution in [0.3, 0.4) is 0 Å². The molecule has 0 spiro atoms. The minimum atomic E-state index is 0.934. The van der Waals surface area contributed by atoms with Gasteiger partial charge in [0.2, 0.25) is 0 Å². The van der Waals surface area contributed by atoms with Crippen LogP contribution in [0.4, 0.5) is 0 Å². The molecule has 0 saturated heterocycles. The highest BCUT2D eigenvalue weighted by molar-refractivity contribution is 6.20. The molecule has 0 unspecified atom stereocenters. The van der Waals surface area contributed by atoms with E-state index in [-0.39, 0.29) is 0 Å². The Bertz CT molecular complexity index is 1510. The number of benzene rings is 4. The van der Waals surface area contributed by atoms with Crippen LogP contribution in [-0.2, 0) is 6.42 Å². The zero-order chi connectivity index (χ0) is 19.4. The summed E-state index contributed by atoms with van der Waals surface area (Å²) in [6.45, 7) is 2.23. The molecule has 0 N–H and O–H groups in total. The minimum absolute atomic E-state index is 0.934. The highest BCUT2D eigenvalue weighted by atomic mass is 16.3. The van der Waals surface area contributed by atoms with Crippen molar-refractivity contribution < 1.29 is 8.83 Å². The molecule has 0 atom stereocenters. The highest BCUT2D eigenvalue weighted by Gasteiger charge is 2.10. The molecular weight excluding hydrogens is 356 g/mol. The van der Waals surface area contributed by atoms with E-state index in [9.17, 15) is 0 Å². The molecule has 6 aromatic rings. The van der Waals surface area contributed by atoms with Gasteiger partial charge in [0.15, 0.2) is 0 Å². The summed E-state index contributed by atoms with van der Waals surface area (Å²) in [5.41, 5.74) is 1.92. The third-order valence-electron chi connectivity index (χ3n) is 6.12. The van der Waals surface area contributed by atoms with Crippen LogP contribution in [-0.4, -0.2) is 0 Å². The van der Waals surface area contributed by atoms with Gasteiger partial charge in [0.25, 0.3) is 0 Å². The van der Waals surface area contributed by atoms with E-state index in [2.05, 4.69) is 61.5 Å². The number of rotatable bonds is 4. The fourth-order valence-electron chi connectivity index (χ4n) is 4.60. The van der Waals surface area contributed by atoms with Crippen molar-refractivity contribution in [3.05, 3.63) is 72.7 Å². The van der Waals surface area contributed by atoms with Gasteiger partial charge in [-0.05, 0) is 75.1 Å². The molecular formula is C27H22O2. The molecule has 2 heteroatoms. The molecule has 0 aliphatic heterocycles. The van der Waals surface area contributed by atoms with E-state index in [1.807, 2.05) is 6.07 Å². The third-order valence-corrected chi connectivity index (χ3v) is 6.12. The lowest BCUT2D eigenvalue weighted by molar-refractivity contribution is 0.531. The van der Waals surface area contributed by atoms with Crippen LogP contribution < -0.4 is 0 Å². The van der Waals surface area contributed by atoms with Crippen molar-refractivity contribution in [2.75, 3.05) is 0 Å². The van der Waals surface area contributed by atoms with Crippen LogP contribution >= 0.6 is 0 Å². The third kappa shape index (κ3) is 2.63. The maximum Gasteiger partial charge on any atom is 0.134 e. The van der Waals surface area contributed by atoms with E-state index in [1.54, 1.807) is 6.26 Å². The van der Waals surface area contributed by atoms with Gasteiger partial charge in [0.05, 0.1) is 6.26 Å². The summed E-state index contributed by atoms with van der Waals surface area (Å²) in [5.74, 6) is 1.10. The average Bonchev–Trinajstić information content (AvgIpc) is 3.35. The topological polar surface area (TPSA) is 26.3 Å². The fraction of sp³-hybridized carbons (Fsp3) is 0.185. The van der Waals surface area contributed by atoms with E-state index in [4.69, 9.17) is 8.83 Å². The van der Waals surface area contributed by atoms with Crippen LogP contribution in [0, 0.1) is 0 Å². The molecule has 2 nitrogen and oxygen atoms in total. The van der Waals surface area contributed by atoms with Gasteiger partial charge in [0, 0.05) is 17.2 Å². The molecule has 2 heterocycles. The van der Waals surface area contributed by atoms with Crippen molar-refractivity contribution in [2.24, 2.45) is 0 Å². The fourth-order valence-corrected chi connectivity index (χ4v) is 4.60. The molecule has 0 aliphatic rings. The van der Waals surface area contributed by atoms with Gasteiger partial charge in [0.1, 0.15) is 16.9 Å². The quantitative estimate of drug-likeness (QED) is 0.227. The van der Waals surface area contributed by atoms with Crippen LogP contribution in [0.2, 0.25) is 0 Å². The van der Waals surface area contributed by atoms with Gasteiger partial charge in [-0.15, -0.1) is 0 Å². The molecule has 4 aromatic carbocycles. The van der Waals surface area contributed by atoms with E-state index in [1.165, 1.54) is 57.0 Å². The number of unbranched alkanes of at least 4 members (excludes halogenated alkanes) is 2. The first-order chi connectivity index (χ1) is 14.3. The maximum atomic E-state index is 6.19. The van der Waals surface area contributed by atoms with Crippen molar-refractivity contribution in [2.45, 2.75) is 32.6 Å². The van der Waals surface area contributed by atoms with Gasteiger partial charge in [-0.25, -0.2) is 0 Å². The first-order valence-corrected chi connectivity index (χ1v) is 10.5. The molecule has 0 amide bonds. The number of hydrogen-bond acceptors (Lipinski definition) is 2. The van der Waals surface area contributed by atoms with E-state index in [0.717, 1.165) is 28.7 Å². The zero-order valence-electron chi connectivity index (χ0n) is 16.5. The Morgan fingerprint density at radius 3 is 2.10 bits per heavy atom. The summed E-state index contributed by atoms with van der Waals surface area (Å²) in [7, 11) is 0. The second kappa shape index (κ2) is 6.38. The van der Waals surface area contributed by atoms with E-state index in [0.29, 0.717) is 0 Å². The summed E-state index contributed by atoms with van der Waals surface area (Å²) < 4.78 is 11.8. The Morgan fingerprint density at radius 1 is 0.621 bits per heavy atom. The van der Waals surface area contributed by atoms with Gasteiger partial charge in [-0.3, -0.25) is 0 Å². The minimum Gasteiger partial charge on any atom is -0.464 e. The Morgan fingerprint density at radius 2 is 1.34 bits per heavy atom. The summed E-state index contributed by atoms with van der Waals surface area (Å²) in [6.07, 6.45) is 6.44. The lowest BCUT2D eigenvalue weighted by Gasteiger charge is -2.08. The second-order valence-electron chi connectivity index (χ2n) is 8.04. The van der Waals surface area contributed by atoms with E-state index >= 15 is 0 Å². The lowest BCUT2D eigenvalue weighted by Crippen LogP contribution is -1.81. The highest BCUT2D eigenvalue weighted by Crippen LogP contribution is 2.36. The average molecular weight is 378 g/mol. The van der Waals surface area contributed by atoms with Crippen molar-refractivity contribution in [1.29, 1.82) is 0 Å². The maximum absolute atomic E-state index is 6.19. The first-order valence-electron chi connectivity index (χ1n) is 10.5. The number of fused-ring (bicyclic) bond motifs is 7. The summed E-state index contributed by atoms with van der Waals surface area (Å²) in [4.78, 5) is 0. The van der Waals surface area contributed by atoms with Crippen LogP contribution in [0.15, 0.2) is 75.8 Å². The SMILES string of the molecule is CCCCCc1cc2cc3ccc4c5cc6occc6cc5ccc4c3cc2o1. The van der Waals surface area contributed by atoms with Crippen LogP contribution in [0.1, 0.15) is 31.9 Å². The smallest absolute Gasteiger partial charge is 0.134 e. The molecule has 0 saturated carbocycles. The molecule has 0 radical (unpaired) electrons. The summed E-state index contributed by atoms with van der Waals surface area (Å²) in [6, 6.07) is 22.0. The lowest BCUT2D eigenvalue weighted by atomic mass is 9.96. The van der Waals surface area contributed by atoms with Gasteiger partial charge in [-0.1, -0.05) is 44.0 Å². The predicted molar refractivity (Wildman–Crippen MR) is 122 cm³/mol. The summed E-state index contributed by atoms with van der Waals surface area (Å²) >= 11 is 0. The first kappa shape index (κ1) is 16.7. The van der Waals surface area contributed by atoms with Gasteiger partial charge >= 0.3 is 0 Å². The molecule has 2 aromatic heterocycles. The van der Waals surface area contributed by atoms with Crippen LogP contribution in [0.5, 0.6) is 0 Å². The normalized spacial score (nSPS) is 12.2. The second-order valence-corrected chi connectivity index (χ2v) is 8.04. The van der Waals surface area contributed by atoms with E-state index < -0.39 is 0 Å². The summed E-state index contributed by atoms with van der Waals surface area (Å²) in [5, 5.41) is 9.81. The molecule has 0 bridgehead atoms. The molecule has 29 heavy (non-hydrogen) atoms. The largest absolute Gasteiger partial charge is 0.464 e. The van der Waals surface area contributed by atoms with Gasteiger partial charge in [-0.2, -0.15) is 0 Å². The number of hydrogen-bond donors (Lipinski definition) is 0. The molecule has 6 rings (SSSR count). The molecule has 142 valence electrons. The standard InChI is InChI=1S/C27H22O2/c1-2-3-4-5-21-14-20-13-18-7-9-22-23(25(18)16-27(20)29-21)8-6-17-12-19-10-11-28-26(19)15-24(17)22/h6-16H,2-5H2,1H3. The predicted octanol–water partition coefficient (Wildman–Crippen LogP) is 8.37. The monoisotopic (exact) mass is 378 g/mol. The number of aryl methyl sites for hydroxylation is 1.